The topological polar surface area (TPSA) is 29.1 Å². The van der Waals surface area contributed by atoms with E-state index in [4.69, 9.17) is 0 Å². The summed E-state index contributed by atoms with van der Waals surface area (Å²) in [6.07, 6.45) is 1.91. The largest absolute Gasteiger partial charge is 0.317 e. The van der Waals surface area contributed by atoms with E-state index >= 15 is 0 Å². The van der Waals surface area contributed by atoms with Gasteiger partial charge in [0.15, 0.2) is 5.12 Å². The minimum Gasteiger partial charge on any atom is -0.317 e. The third-order valence-electron chi connectivity index (χ3n) is 3.74. The number of hydrogen-bond donors (Lipinski definition) is 2. The summed E-state index contributed by atoms with van der Waals surface area (Å²) in [5.41, 5.74) is 1.63. The van der Waals surface area contributed by atoms with Gasteiger partial charge in [0.1, 0.15) is 0 Å². The number of rotatable bonds is 8. The van der Waals surface area contributed by atoms with Gasteiger partial charge in [-0.3, -0.25) is 4.79 Å². The first-order chi connectivity index (χ1) is 9.36. The van der Waals surface area contributed by atoms with Crippen LogP contribution in [0.15, 0.2) is 30.3 Å². The molecular formula is C16H27NOSSi. The van der Waals surface area contributed by atoms with Crippen molar-refractivity contribution in [3.05, 3.63) is 35.9 Å². The standard InChI is InChI=1S/C16H27NOSSi/c1-5-17-15(20(2,3)4)12-11-14(16(18)19)13-9-7-6-8-10-13/h6-10,14-15,17H,5,11-12H2,1-4H3,(H,18,19). The summed E-state index contributed by atoms with van der Waals surface area (Å²) in [6.45, 7) is 10.3. The van der Waals surface area contributed by atoms with Gasteiger partial charge >= 0.3 is 0 Å². The molecule has 2 unspecified atom stereocenters. The van der Waals surface area contributed by atoms with E-state index in [9.17, 15) is 4.79 Å². The monoisotopic (exact) mass is 309 g/mol. The third-order valence-corrected chi connectivity index (χ3v) is 6.64. The first-order valence-electron chi connectivity index (χ1n) is 7.37. The fraction of sp³-hybridized carbons (Fsp3) is 0.562. The highest BCUT2D eigenvalue weighted by Gasteiger charge is 2.27. The Balaban J connectivity index is 2.74. The average molecular weight is 310 g/mol. The van der Waals surface area contributed by atoms with Crippen molar-refractivity contribution in [1.82, 2.24) is 5.32 Å². The zero-order valence-electron chi connectivity index (χ0n) is 13.0. The first-order valence-corrected chi connectivity index (χ1v) is 11.4. The van der Waals surface area contributed by atoms with Crippen LogP contribution >= 0.6 is 12.6 Å². The van der Waals surface area contributed by atoms with Crippen molar-refractivity contribution in [2.75, 3.05) is 6.54 Å². The molecule has 1 aromatic carbocycles. The van der Waals surface area contributed by atoms with Crippen LogP contribution in [0, 0.1) is 0 Å². The lowest BCUT2D eigenvalue weighted by atomic mass is 9.95. The second kappa shape index (κ2) is 8.01. The van der Waals surface area contributed by atoms with Gasteiger partial charge in [-0.15, -0.1) is 12.6 Å². The molecule has 0 radical (unpaired) electrons. The van der Waals surface area contributed by atoms with Crippen molar-refractivity contribution in [2.45, 2.75) is 51.0 Å². The Hall–Kier alpha value is -0.583. The minimum absolute atomic E-state index is 0.0259. The van der Waals surface area contributed by atoms with E-state index < -0.39 is 8.07 Å². The summed E-state index contributed by atoms with van der Waals surface area (Å²) in [5.74, 6) is -0.0861. The fourth-order valence-electron chi connectivity index (χ4n) is 2.54. The number of nitrogens with one attached hydrogen (secondary N) is 1. The first kappa shape index (κ1) is 17.5. The predicted octanol–water partition coefficient (Wildman–Crippen LogP) is 3.86. The molecule has 0 spiro atoms. The molecule has 1 aromatic rings. The van der Waals surface area contributed by atoms with Crippen LogP contribution in [0.3, 0.4) is 0 Å². The van der Waals surface area contributed by atoms with Gasteiger partial charge in [0.25, 0.3) is 0 Å². The van der Waals surface area contributed by atoms with Gasteiger partial charge in [-0.25, -0.2) is 0 Å². The summed E-state index contributed by atoms with van der Waals surface area (Å²) in [7, 11) is -1.26. The van der Waals surface area contributed by atoms with E-state index in [1.807, 2.05) is 30.3 Å². The van der Waals surface area contributed by atoms with Gasteiger partial charge in [-0.05, 0) is 30.6 Å². The number of carbonyl (C=O) groups is 1. The van der Waals surface area contributed by atoms with Crippen LogP contribution in [0.1, 0.15) is 31.2 Å². The van der Waals surface area contributed by atoms with Crippen LogP contribution in [-0.4, -0.2) is 25.4 Å². The van der Waals surface area contributed by atoms with Crippen LogP contribution in [0.2, 0.25) is 19.6 Å². The van der Waals surface area contributed by atoms with E-state index in [2.05, 4.69) is 44.5 Å². The van der Waals surface area contributed by atoms with Crippen LogP contribution in [0.25, 0.3) is 0 Å². The van der Waals surface area contributed by atoms with Crippen molar-refractivity contribution in [1.29, 1.82) is 0 Å². The molecule has 1 rings (SSSR count). The van der Waals surface area contributed by atoms with Gasteiger partial charge in [-0.1, -0.05) is 56.9 Å². The molecule has 2 atom stereocenters. The summed E-state index contributed by atoms with van der Waals surface area (Å²) < 4.78 is 0. The van der Waals surface area contributed by atoms with Crippen LogP contribution in [0.5, 0.6) is 0 Å². The third kappa shape index (κ3) is 5.42. The van der Waals surface area contributed by atoms with E-state index in [1.54, 1.807) is 0 Å². The van der Waals surface area contributed by atoms with Crippen LogP contribution < -0.4 is 5.32 Å². The molecule has 20 heavy (non-hydrogen) atoms. The quantitative estimate of drug-likeness (QED) is 0.564. The van der Waals surface area contributed by atoms with Crippen LogP contribution in [-0.2, 0) is 4.79 Å². The zero-order valence-corrected chi connectivity index (χ0v) is 14.9. The van der Waals surface area contributed by atoms with E-state index in [-0.39, 0.29) is 11.0 Å². The zero-order chi connectivity index (χ0) is 15.2. The van der Waals surface area contributed by atoms with E-state index in [0.717, 1.165) is 24.9 Å². The van der Waals surface area contributed by atoms with Crippen molar-refractivity contribution >= 4 is 25.8 Å². The highest BCUT2D eigenvalue weighted by molar-refractivity contribution is 7.96. The Kier molecular flexibility index (Phi) is 6.99. The maximum Gasteiger partial charge on any atom is 0.193 e. The molecule has 4 heteroatoms. The maximum atomic E-state index is 11.8. The highest BCUT2D eigenvalue weighted by Crippen LogP contribution is 2.26. The Morgan fingerprint density at radius 2 is 1.80 bits per heavy atom. The Morgan fingerprint density at radius 3 is 2.25 bits per heavy atom. The van der Waals surface area contributed by atoms with Crippen molar-refractivity contribution < 1.29 is 4.79 Å². The molecule has 0 aliphatic carbocycles. The molecule has 1 N–H and O–H groups in total. The van der Waals surface area contributed by atoms with Gasteiger partial charge in [0, 0.05) is 0 Å². The lowest BCUT2D eigenvalue weighted by Gasteiger charge is -2.30. The SMILES string of the molecule is CCNC(CCC(C(=O)S)c1ccccc1)[Si](C)(C)C. The van der Waals surface area contributed by atoms with Crippen LogP contribution in [0.4, 0.5) is 0 Å². The predicted molar refractivity (Wildman–Crippen MR) is 93.2 cm³/mol. The second-order valence-corrected chi connectivity index (χ2v) is 12.2. The number of benzene rings is 1. The molecule has 0 aromatic heterocycles. The van der Waals surface area contributed by atoms with Crippen molar-refractivity contribution in [3.8, 4) is 0 Å². The Bertz CT molecular complexity index is 416. The van der Waals surface area contributed by atoms with Crippen molar-refractivity contribution in [3.63, 3.8) is 0 Å². The molecule has 0 saturated heterocycles. The Labute approximate surface area is 129 Å². The average Bonchev–Trinajstić information content (AvgIpc) is 2.37. The second-order valence-electron chi connectivity index (χ2n) is 6.36. The molecule has 0 bridgehead atoms. The summed E-state index contributed by atoms with van der Waals surface area (Å²) in [4.78, 5) is 11.8. The number of thiol groups is 1. The number of hydrogen-bond acceptors (Lipinski definition) is 2. The fourth-order valence-corrected chi connectivity index (χ4v) is 4.67. The van der Waals surface area contributed by atoms with Gasteiger partial charge < -0.3 is 5.32 Å². The smallest absolute Gasteiger partial charge is 0.193 e. The van der Waals surface area contributed by atoms with E-state index in [0.29, 0.717) is 5.67 Å². The van der Waals surface area contributed by atoms with Crippen molar-refractivity contribution in [2.24, 2.45) is 0 Å². The van der Waals surface area contributed by atoms with Gasteiger partial charge in [0.05, 0.1) is 14.0 Å². The normalized spacial score (nSPS) is 14.8. The molecule has 0 aliphatic rings. The Morgan fingerprint density at radius 1 is 1.20 bits per heavy atom. The molecule has 0 saturated carbocycles. The van der Waals surface area contributed by atoms with Gasteiger partial charge in [-0.2, -0.15) is 0 Å². The lowest BCUT2D eigenvalue weighted by molar-refractivity contribution is -0.112. The maximum absolute atomic E-state index is 11.8. The molecule has 2 nitrogen and oxygen atoms in total. The highest BCUT2D eigenvalue weighted by atomic mass is 32.1. The molecule has 0 heterocycles. The molecular weight excluding hydrogens is 282 g/mol. The molecule has 0 aliphatic heterocycles. The minimum atomic E-state index is -1.26. The summed E-state index contributed by atoms with van der Waals surface area (Å²) in [5, 5.41) is 3.57. The summed E-state index contributed by atoms with van der Waals surface area (Å²) in [6, 6.07) is 10.00. The number of carbonyl (C=O) groups excluding carboxylic acids is 1. The molecule has 112 valence electrons. The van der Waals surface area contributed by atoms with Gasteiger partial charge in [0.2, 0.25) is 0 Å². The summed E-state index contributed by atoms with van der Waals surface area (Å²) >= 11 is 4.08. The lowest BCUT2D eigenvalue weighted by Crippen LogP contribution is -2.48. The molecule has 0 fully saturated rings. The molecule has 0 amide bonds. The van der Waals surface area contributed by atoms with E-state index in [1.165, 1.54) is 0 Å².